The largest absolute Gasteiger partial charge is 0.439 e. The Morgan fingerprint density at radius 1 is 1.19 bits per heavy atom. The molecule has 3 aromatic heterocycles. The van der Waals surface area contributed by atoms with Crippen LogP contribution in [0.1, 0.15) is 29.0 Å². The van der Waals surface area contributed by atoms with Crippen LogP contribution in [0.2, 0.25) is 0 Å². The van der Waals surface area contributed by atoms with Crippen molar-refractivity contribution in [2.24, 2.45) is 0 Å². The Labute approximate surface area is 178 Å². The number of nitrogens with zero attached hydrogens (tertiary/aromatic N) is 5. The van der Waals surface area contributed by atoms with E-state index in [2.05, 4.69) is 35.6 Å². The normalized spacial score (nSPS) is 10.8. The highest BCUT2D eigenvalue weighted by Gasteiger charge is 2.12. The molecule has 10 heteroatoms. The second-order valence-electron chi connectivity index (χ2n) is 7.00. The van der Waals surface area contributed by atoms with Gasteiger partial charge in [0.15, 0.2) is 5.82 Å². The van der Waals surface area contributed by atoms with Crippen molar-refractivity contribution in [1.82, 2.24) is 35.6 Å². The maximum absolute atomic E-state index is 12.1. The molecule has 0 aliphatic rings. The van der Waals surface area contributed by atoms with Crippen LogP contribution < -0.4 is 10.1 Å². The van der Waals surface area contributed by atoms with Gasteiger partial charge in [0.05, 0.1) is 0 Å². The summed E-state index contributed by atoms with van der Waals surface area (Å²) in [5.41, 5.74) is 3.03. The van der Waals surface area contributed by atoms with E-state index in [0.29, 0.717) is 36.4 Å². The molecule has 0 fully saturated rings. The lowest BCUT2D eigenvalue weighted by molar-refractivity contribution is -0.121. The van der Waals surface area contributed by atoms with Crippen molar-refractivity contribution in [3.05, 3.63) is 65.4 Å². The van der Waals surface area contributed by atoms with Crippen LogP contribution in [0, 0.1) is 13.8 Å². The van der Waals surface area contributed by atoms with Crippen LogP contribution in [0.25, 0.3) is 11.6 Å². The van der Waals surface area contributed by atoms with Crippen LogP contribution >= 0.6 is 0 Å². The van der Waals surface area contributed by atoms with E-state index in [4.69, 9.17) is 9.26 Å². The van der Waals surface area contributed by atoms with Gasteiger partial charge in [-0.2, -0.15) is 10.1 Å². The number of amides is 1. The number of hydrogen-bond donors (Lipinski definition) is 2. The van der Waals surface area contributed by atoms with Crippen molar-refractivity contribution in [3.8, 4) is 23.3 Å². The molecule has 0 aliphatic heterocycles. The summed E-state index contributed by atoms with van der Waals surface area (Å²) in [7, 11) is 0. The predicted octanol–water partition coefficient (Wildman–Crippen LogP) is 2.91. The first-order valence-electron chi connectivity index (χ1n) is 9.72. The van der Waals surface area contributed by atoms with Crippen molar-refractivity contribution >= 4 is 5.91 Å². The molecule has 0 radical (unpaired) electrons. The summed E-state index contributed by atoms with van der Waals surface area (Å²) in [6, 6.07) is 9.68. The van der Waals surface area contributed by atoms with E-state index in [1.165, 1.54) is 6.33 Å². The zero-order valence-electron chi connectivity index (χ0n) is 17.1. The molecule has 158 valence electrons. The smallest absolute Gasteiger partial charge is 0.239 e. The molecule has 1 aromatic carbocycles. The molecule has 31 heavy (non-hydrogen) atoms. The van der Waals surface area contributed by atoms with Gasteiger partial charge in [-0.1, -0.05) is 23.4 Å². The second kappa shape index (κ2) is 9.16. The second-order valence-corrected chi connectivity index (χ2v) is 7.00. The fourth-order valence-corrected chi connectivity index (χ4v) is 2.78. The van der Waals surface area contributed by atoms with E-state index in [1.54, 1.807) is 12.3 Å². The fourth-order valence-electron chi connectivity index (χ4n) is 2.78. The number of H-pyrrole nitrogens is 1. The van der Waals surface area contributed by atoms with Crippen molar-refractivity contribution < 1.29 is 14.1 Å². The molecule has 0 aliphatic carbocycles. The van der Waals surface area contributed by atoms with Crippen LogP contribution in [0.5, 0.6) is 11.6 Å². The lowest BCUT2D eigenvalue weighted by Crippen LogP contribution is -2.23. The van der Waals surface area contributed by atoms with Gasteiger partial charge in [0, 0.05) is 31.6 Å². The lowest BCUT2D eigenvalue weighted by Gasteiger charge is -2.09. The molecule has 0 bridgehead atoms. The molecule has 2 N–H and O–H groups in total. The van der Waals surface area contributed by atoms with Gasteiger partial charge in [-0.25, -0.2) is 9.97 Å². The monoisotopic (exact) mass is 419 g/mol. The first-order chi connectivity index (χ1) is 15.1. The molecule has 0 atom stereocenters. The standard InChI is InChI=1S/C21H21N7O3/c1-13-3-4-14(2)16(9-13)30-18-7-5-15(11-23-18)10-22-17(29)6-8-19-26-21(28-31-19)20-24-12-25-27-20/h3-5,7,9,11-12H,6,8,10H2,1-2H3,(H,22,29)(H,24,25,27). The molecular formula is C21H21N7O3. The topological polar surface area (TPSA) is 132 Å². The Morgan fingerprint density at radius 2 is 2.10 bits per heavy atom. The number of pyridine rings is 1. The number of aromatic nitrogens is 6. The third kappa shape index (κ3) is 5.30. The molecule has 1 amide bonds. The first-order valence-corrected chi connectivity index (χ1v) is 9.72. The number of carbonyl (C=O) groups is 1. The molecule has 10 nitrogen and oxygen atoms in total. The van der Waals surface area contributed by atoms with Gasteiger partial charge >= 0.3 is 0 Å². The van der Waals surface area contributed by atoms with Crippen molar-refractivity contribution in [2.75, 3.05) is 0 Å². The Morgan fingerprint density at radius 3 is 2.87 bits per heavy atom. The highest BCUT2D eigenvalue weighted by Crippen LogP contribution is 2.24. The van der Waals surface area contributed by atoms with Gasteiger partial charge in [-0.15, -0.1) is 0 Å². The average Bonchev–Trinajstić information content (AvgIpc) is 3.46. The van der Waals surface area contributed by atoms with E-state index in [0.717, 1.165) is 22.4 Å². The Hall–Kier alpha value is -4.08. The van der Waals surface area contributed by atoms with E-state index >= 15 is 0 Å². The Bertz CT molecular complexity index is 1150. The van der Waals surface area contributed by atoms with Gasteiger partial charge in [0.1, 0.15) is 12.1 Å². The number of rotatable bonds is 8. The summed E-state index contributed by atoms with van der Waals surface area (Å²) in [6.07, 6.45) is 3.59. The SMILES string of the molecule is Cc1ccc(C)c(Oc2ccc(CNC(=O)CCc3nc(-c4ncn[nH]4)no3)cn2)c1. The summed E-state index contributed by atoms with van der Waals surface area (Å²) in [4.78, 5) is 24.6. The minimum Gasteiger partial charge on any atom is -0.439 e. The van der Waals surface area contributed by atoms with Crippen LogP contribution in [-0.4, -0.2) is 36.2 Å². The van der Waals surface area contributed by atoms with E-state index in [9.17, 15) is 4.79 Å². The Balaban J connectivity index is 1.24. The van der Waals surface area contributed by atoms with E-state index in [1.807, 2.05) is 38.1 Å². The fraction of sp³-hybridized carbons (Fsp3) is 0.238. The van der Waals surface area contributed by atoms with Crippen LogP contribution in [0.15, 0.2) is 47.4 Å². The van der Waals surface area contributed by atoms with Crippen molar-refractivity contribution in [3.63, 3.8) is 0 Å². The van der Waals surface area contributed by atoms with E-state index < -0.39 is 0 Å². The number of nitrogens with one attached hydrogen (secondary N) is 2. The van der Waals surface area contributed by atoms with Gasteiger partial charge in [0.2, 0.25) is 23.5 Å². The van der Waals surface area contributed by atoms with Gasteiger partial charge in [0.25, 0.3) is 0 Å². The molecular weight excluding hydrogens is 398 g/mol. The molecule has 0 saturated carbocycles. The van der Waals surface area contributed by atoms with Crippen molar-refractivity contribution in [2.45, 2.75) is 33.2 Å². The molecule has 3 heterocycles. The number of aryl methyl sites for hydroxylation is 3. The van der Waals surface area contributed by atoms with Crippen LogP contribution in [0.3, 0.4) is 0 Å². The predicted molar refractivity (Wildman–Crippen MR) is 110 cm³/mol. The lowest BCUT2D eigenvalue weighted by atomic mass is 10.1. The summed E-state index contributed by atoms with van der Waals surface area (Å²) in [6.45, 7) is 4.37. The van der Waals surface area contributed by atoms with Gasteiger partial charge in [-0.3, -0.25) is 9.89 Å². The number of hydrogen-bond acceptors (Lipinski definition) is 8. The molecule has 4 rings (SSSR count). The molecule has 4 aromatic rings. The van der Waals surface area contributed by atoms with Crippen LogP contribution in [-0.2, 0) is 17.8 Å². The third-order valence-electron chi connectivity index (χ3n) is 4.51. The van der Waals surface area contributed by atoms with Gasteiger partial charge in [-0.05, 0) is 36.6 Å². The molecule has 0 saturated heterocycles. The summed E-state index contributed by atoms with van der Waals surface area (Å²) in [5.74, 6) is 2.23. The maximum atomic E-state index is 12.1. The van der Waals surface area contributed by atoms with Crippen molar-refractivity contribution in [1.29, 1.82) is 0 Å². The number of benzene rings is 1. The zero-order valence-corrected chi connectivity index (χ0v) is 17.1. The highest BCUT2D eigenvalue weighted by molar-refractivity contribution is 5.76. The third-order valence-corrected chi connectivity index (χ3v) is 4.51. The number of ether oxygens (including phenoxy) is 1. The summed E-state index contributed by atoms with van der Waals surface area (Å²) < 4.78 is 11.0. The first kappa shape index (κ1) is 20.2. The minimum atomic E-state index is -0.130. The van der Waals surface area contributed by atoms with Crippen LogP contribution in [0.4, 0.5) is 0 Å². The van der Waals surface area contributed by atoms with E-state index in [-0.39, 0.29) is 12.3 Å². The number of aromatic amines is 1. The Kier molecular flexibility index (Phi) is 5.97. The summed E-state index contributed by atoms with van der Waals surface area (Å²) >= 11 is 0. The maximum Gasteiger partial charge on any atom is 0.239 e. The minimum absolute atomic E-state index is 0.130. The zero-order chi connectivity index (χ0) is 21.6. The van der Waals surface area contributed by atoms with Gasteiger partial charge < -0.3 is 14.6 Å². The quantitative estimate of drug-likeness (QED) is 0.446. The summed E-state index contributed by atoms with van der Waals surface area (Å²) in [5, 5.41) is 13.0. The average molecular weight is 419 g/mol. The number of carbonyl (C=O) groups excluding carboxylic acids is 1. The molecule has 0 unspecified atom stereocenters. The molecule has 0 spiro atoms. The highest BCUT2D eigenvalue weighted by atomic mass is 16.5.